The number of phenolic OH excluding ortho intramolecular Hbond substituents is 1. The number of hydrogen-bond acceptors (Lipinski definition) is 5. The maximum absolute atomic E-state index is 13.2. The Labute approximate surface area is 213 Å². The number of carbonyl (C=O) groups excluding carboxylic acids is 1. The average molecular weight is 517 g/mol. The number of carbonyl (C=O) groups is 1. The van der Waals surface area contributed by atoms with Gasteiger partial charge < -0.3 is 24.7 Å². The molecule has 1 amide bonds. The Morgan fingerprint density at radius 3 is 2.65 bits per heavy atom. The number of phenols is 1. The normalized spacial score (nSPS) is 32.0. The molecule has 5 atom stereocenters. The molecule has 2 aromatic rings. The lowest BCUT2D eigenvalue weighted by Gasteiger charge is -2.64. The topological polar surface area (TPSA) is 73.2 Å². The number of hydrogen-bond donors (Lipinski definition) is 2. The highest BCUT2D eigenvalue weighted by atomic mass is 19.4. The van der Waals surface area contributed by atoms with Gasteiger partial charge in [0.15, 0.2) is 11.5 Å². The van der Waals surface area contributed by atoms with Gasteiger partial charge in [0.25, 0.3) is 0 Å². The van der Waals surface area contributed by atoms with Crippen molar-refractivity contribution in [2.45, 2.75) is 73.9 Å². The Bertz CT molecular complexity index is 1250. The first kappa shape index (κ1) is 24.6. The zero-order valence-electron chi connectivity index (χ0n) is 20.9. The Balaban J connectivity index is 1.23. The molecule has 4 aliphatic rings. The minimum absolute atomic E-state index is 0.0831. The van der Waals surface area contributed by atoms with E-state index in [1.54, 1.807) is 18.0 Å². The number of amides is 1. The number of piperidine rings is 1. The molecule has 6 rings (SSSR count). The molecule has 2 N–H and O–H groups in total. The molecule has 2 bridgehead atoms. The first-order valence-electron chi connectivity index (χ1n) is 12.8. The molecule has 0 radical (unpaired) electrons. The number of likely N-dealkylation sites (N-methyl/N-ethyl adjacent to an activating group) is 1. The lowest BCUT2D eigenvalue weighted by molar-refractivity contribution is -0.194. The SMILES string of the molecule is CN(C(=O)CCc1ccc(C(F)(F)F)cc1)C1CC2Oc3c(O)ccc4c3[C@@]23CCN(C)[C@H](C4)[C@]3(O)C1. The van der Waals surface area contributed by atoms with Crippen LogP contribution < -0.4 is 4.74 Å². The summed E-state index contributed by atoms with van der Waals surface area (Å²) >= 11 is 0. The molecule has 2 aliphatic carbocycles. The van der Waals surface area contributed by atoms with Crippen molar-refractivity contribution in [2.75, 3.05) is 20.6 Å². The third kappa shape index (κ3) is 3.43. The average Bonchev–Trinajstić information content (AvgIpc) is 3.19. The van der Waals surface area contributed by atoms with Crippen LogP contribution >= 0.6 is 0 Å². The number of benzene rings is 2. The zero-order chi connectivity index (χ0) is 26.3. The van der Waals surface area contributed by atoms with Crippen molar-refractivity contribution in [1.29, 1.82) is 0 Å². The van der Waals surface area contributed by atoms with Crippen LogP contribution in [-0.2, 0) is 29.2 Å². The van der Waals surface area contributed by atoms with Crippen molar-refractivity contribution in [1.82, 2.24) is 9.80 Å². The first-order chi connectivity index (χ1) is 17.5. The molecule has 0 aromatic heterocycles. The van der Waals surface area contributed by atoms with Gasteiger partial charge in [0, 0.05) is 37.5 Å². The summed E-state index contributed by atoms with van der Waals surface area (Å²) in [6, 6.07) is 8.11. The summed E-state index contributed by atoms with van der Waals surface area (Å²) in [6.45, 7) is 0.813. The number of nitrogens with zero attached hydrogens (tertiary/aromatic N) is 2. The molecule has 1 saturated carbocycles. The predicted molar refractivity (Wildman–Crippen MR) is 129 cm³/mol. The van der Waals surface area contributed by atoms with Gasteiger partial charge in [-0.3, -0.25) is 4.79 Å². The van der Waals surface area contributed by atoms with Gasteiger partial charge in [0.2, 0.25) is 5.91 Å². The van der Waals surface area contributed by atoms with Crippen molar-refractivity contribution in [3.8, 4) is 11.5 Å². The van der Waals surface area contributed by atoms with Crippen LogP contribution in [0.4, 0.5) is 13.2 Å². The van der Waals surface area contributed by atoms with Gasteiger partial charge in [0.05, 0.1) is 16.6 Å². The van der Waals surface area contributed by atoms with Gasteiger partial charge in [-0.05, 0) is 68.6 Å². The van der Waals surface area contributed by atoms with Gasteiger partial charge in [-0.25, -0.2) is 0 Å². The van der Waals surface area contributed by atoms with Crippen LogP contribution in [0.1, 0.15) is 47.9 Å². The Hall–Kier alpha value is -2.78. The van der Waals surface area contributed by atoms with Crippen LogP contribution in [0.5, 0.6) is 11.5 Å². The standard InChI is InChI=1S/C28H31F3N2O4/c1-32-12-11-26-22-14-19(33(2)23(35)10-5-16-3-7-18(8-4-16)28(29,30)31)15-27(26,36)21(32)13-17-6-9-20(34)25(37-22)24(17)26/h3-4,6-9,19,21-22,34,36H,5,10-15H2,1-2H3/t19?,21-,22?,26-,27-/m1/s1. The fourth-order valence-electron chi connectivity index (χ4n) is 7.54. The Kier molecular flexibility index (Phi) is 5.38. The number of alkyl halides is 3. The number of aryl methyl sites for hydroxylation is 1. The molecule has 2 aromatic carbocycles. The zero-order valence-corrected chi connectivity index (χ0v) is 20.9. The second-order valence-corrected chi connectivity index (χ2v) is 11.2. The number of aromatic hydroxyl groups is 1. The number of aliphatic hydroxyl groups is 1. The maximum Gasteiger partial charge on any atom is 0.416 e. The number of halogens is 3. The maximum atomic E-state index is 13.2. The van der Waals surface area contributed by atoms with Crippen LogP contribution in [0.2, 0.25) is 0 Å². The van der Waals surface area contributed by atoms with Crippen LogP contribution in [-0.4, -0.2) is 70.3 Å². The number of rotatable bonds is 4. The summed E-state index contributed by atoms with van der Waals surface area (Å²) in [4.78, 5) is 17.1. The van der Waals surface area contributed by atoms with Crippen LogP contribution in [0, 0.1) is 0 Å². The van der Waals surface area contributed by atoms with Crippen molar-refractivity contribution in [3.05, 3.63) is 58.7 Å². The second kappa shape index (κ2) is 8.11. The van der Waals surface area contributed by atoms with Crippen LogP contribution in [0.25, 0.3) is 0 Å². The van der Waals surface area contributed by atoms with E-state index in [4.69, 9.17) is 4.74 Å². The third-order valence-electron chi connectivity index (χ3n) is 9.49. The Morgan fingerprint density at radius 2 is 1.95 bits per heavy atom. The fourth-order valence-corrected chi connectivity index (χ4v) is 7.54. The molecular formula is C28H31F3N2O4. The summed E-state index contributed by atoms with van der Waals surface area (Å²) in [6.07, 6.45) is -1.97. The fraction of sp³-hybridized carbons (Fsp3) is 0.536. The highest BCUT2D eigenvalue weighted by molar-refractivity contribution is 5.76. The third-order valence-corrected chi connectivity index (χ3v) is 9.49. The Morgan fingerprint density at radius 1 is 1.22 bits per heavy atom. The van der Waals surface area contributed by atoms with Gasteiger partial charge in [0.1, 0.15) is 6.10 Å². The second-order valence-electron chi connectivity index (χ2n) is 11.2. The molecule has 1 spiro atoms. The highest BCUT2D eigenvalue weighted by Crippen LogP contribution is 2.65. The molecule has 2 unspecified atom stereocenters. The number of likely N-dealkylation sites (tertiary alicyclic amines) is 1. The van der Waals surface area contributed by atoms with Crippen molar-refractivity contribution in [2.24, 2.45) is 0 Å². The number of ether oxygens (including phenoxy) is 1. The largest absolute Gasteiger partial charge is 0.504 e. The smallest absolute Gasteiger partial charge is 0.416 e. The van der Waals surface area contributed by atoms with E-state index in [0.29, 0.717) is 43.4 Å². The van der Waals surface area contributed by atoms with E-state index in [0.717, 1.165) is 29.8 Å². The lowest BCUT2D eigenvalue weighted by Crippen LogP contribution is -2.77. The molecule has 6 nitrogen and oxygen atoms in total. The van der Waals surface area contributed by atoms with Gasteiger partial charge in [-0.15, -0.1) is 0 Å². The molecule has 37 heavy (non-hydrogen) atoms. The van der Waals surface area contributed by atoms with E-state index < -0.39 is 22.8 Å². The van der Waals surface area contributed by atoms with Crippen LogP contribution in [0.3, 0.4) is 0 Å². The van der Waals surface area contributed by atoms with Gasteiger partial charge >= 0.3 is 6.18 Å². The monoisotopic (exact) mass is 516 g/mol. The quantitative estimate of drug-likeness (QED) is 0.649. The molecule has 198 valence electrons. The van der Waals surface area contributed by atoms with E-state index in [2.05, 4.69) is 4.90 Å². The van der Waals surface area contributed by atoms with E-state index >= 15 is 0 Å². The predicted octanol–water partition coefficient (Wildman–Crippen LogP) is 3.65. The van der Waals surface area contributed by atoms with E-state index in [1.165, 1.54) is 12.1 Å². The minimum Gasteiger partial charge on any atom is -0.504 e. The molecule has 9 heteroatoms. The summed E-state index contributed by atoms with van der Waals surface area (Å²) < 4.78 is 44.9. The van der Waals surface area contributed by atoms with E-state index in [-0.39, 0.29) is 36.3 Å². The molecule has 2 aliphatic heterocycles. The lowest BCUT2D eigenvalue weighted by atomic mass is 9.48. The first-order valence-corrected chi connectivity index (χ1v) is 12.8. The van der Waals surface area contributed by atoms with Crippen molar-refractivity contribution < 1.29 is 32.9 Å². The summed E-state index contributed by atoms with van der Waals surface area (Å²) in [5, 5.41) is 23.0. The molecule has 1 saturated heterocycles. The summed E-state index contributed by atoms with van der Waals surface area (Å²) in [7, 11) is 3.75. The highest BCUT2D eigenvalue weighted by Gasteiger charge is 2.72. The van der Waals surface area contributed by atoms with E-state index in [1.807, 2.05) is 13.1 Å². The molecular weight excluding hydrogens is 485 g/mol. The summed E-state index contributed by atoms with van der Waals surface area (Å²) in [5.41, 5.74) is 0.263. The van der Waals surface area contributed by atoms with Crippen LogP contribution in [0.15, 0.2) is 36.4 Å². The molecule has 2 heterocycles. The minimum atomic E-state index is -4.39. The molecule has 2 fully saturated rings. The van der Waals surface area contributed by atoms with E-state index in [9.17, 15) is 28.2 Å². The van der Waals surface area contributed by atoms with Crippen molar-refractivity contribution >= 4 is 5.91 Å². The van der Waals surface area contributed by atoms with Gasteiger partial charge in [-0.2, -0.15) is 13.2 Å². The van der Waals surface area contributed by atoms with Gasteiger partial charge in [-0.1, -0.05) is 18.2 Å². The van der Waals surface area contributed by atoms with Crippen molar-refractivity contribution in [3.63, 3.8) is 0 Å². The summed E-state index contributed by atoms with van der Waals surface area (Å²) in [5.74, 6) is 0.429.